The van der Waals surface area contributed by atoms with Gasteiger partial charge in [-0.2, -0.15) is 13.5 Å². The number of anilines is 1. The maximum absolute atomic E-state index is 13.5. The lowest BCUT2D eigenvalue weighted by Crippen LogP contribution is -2.73. The second-order valence-electron chi connectivity index (χ2n) is 12.0. The van der Waals surface area contributed by atoms with E-state index < -0.39 is 68.8 Å². The molecule has 3 rings (SSSR count). The number of carbonyl (C=O) groups is 4. The average Bonchev–Trinajstić information content (AvgIpc) is 3.51. The molecule has 0 aromatic carbocycles. The third kappa shape index (κ3) is 8.92. The molecule has 44 heavy (non-hydrogen) atoms. The fourth-order valence-corrected chi connectivity index (χ4v) is 5.05. The quantitative estimate of drug-likeness (QED) is 0.107. The summed E-state index contributed by atoms with van der Waals surface area (Å²) in [5.74, 6) is -2.99. The first kappa shape index (κ1) is 34.3. The first-order valence-corrected chi connectivity index (χ1v) is 15.2. The third-order valence-electron chi connectivity index (χ3n) is 5.37. The summed E-state index contributed by atoms with van der Waals surface area (Å²) >= 11 is 0.906. The molecule has 1 aliphatic heterocycles. The lowest BCUT2D eigenvalue weighted by atomic mass is 9.98. The number of hydrogen-bond acceptors (Lipinski definition) is 14. The molecule has 3 N–H and O–H groups in total. The van der Waals surface area contributed by atoms with Gasteiger partial charge in [-0.1, -0.05) is 5.16 Å². The summed E-state index contributed by atoms with van der Waals surface area (Å²) in [6.45, 7) is 12.4. The molecular weight excluding hydrogens is 624 g/mol. The van der Waals surface area contributed by atoms with E-state index in [1.54, 1.807) is 41.5 Å². The van der Waals surface area contributed by atoms with Gasteiger partial charge in [-0.3, -0.25) is 24.1 Å². The molecule has 0 saturated carbocycles. The van der Waals surface area contributed by atoms with Crippen molar-refractivity contribution < 1.29 is 46.5 Å². The molecule has 0 aliphatic carbocycles. The Morgan fingerprint density at radius 2 is 1.73 bits per heavy atom. The SMILES string of the molecule is CC(C)(C)OC(=O)Nc1nc(/C(=N/OC(C)(C)C(=O)OC(C)(C)C)C(=O)N[C@@H]2C(=O)N(S(=O)(=O)O)[C@@H]2Cn2cncn2)cs1. The summed E-state index contributed by atoms with van der Waals surface area (Å²) < 4.78 is 45.3. The van der Waals surface area contributed by atoms with E-state index in [2.05, 4.69) is 30.9 Å². The molecule has 2 aromatic heterocycles. The van der Waals surface area contributed by atoms with E-state index >= 15 is 0 Å². The van der Waals surface area contributed by atoms with Crippen LogP contribution in [0.2, 0.25) is 0 Å². The zero-order chi connectivity index (χ0) is 33.3. The summed E-state index contributed by atoms with van der Waals surface area (Å²) in [7, 11) is -4.98. The van der Waals surface area contributed by atoms with Gasteiger partial charge < -0.3 is 19.6 Å². The zero-order valence-electron chi connectivity index (χ0n) is 25.2. The van der Waals surface area contributed by atoms with Crippen LogP contribution in [0.25, 0.3) is 0 Å². The number of rotatable bonds is 10. The van der Waals surface area contributed by atoms with Crippen molar-refractivity contribution in [2.24, 2.45) is 5.16 Å². The number of β-lactam (4-membered cyclic amide) rings is 1. The Morgan fingerprint density at radius 3 is 2.27 bits per heavy atom. The number of amides is 3. The number of ether oxygens (including phenoxy) is 2. The van der Waals surface area contributed by atoms with Gasteiger partial charge in [0.05, 0.1) is 12.6 Å². The van der Waals surface area contributed by atoms with Crippen molar-refractivity contribution in [2.75, 3.05) is 5.32 Å². The van der Waals surface area contributed by atoms with E-state index in [9.17, 15) is 32.1 Å². The molecule has 20 heteroatoms. The standard InChI is InChI=1S/C24H34N8O10S2/c1-22(2,3)40-19(35)24(7,8)42-30-15(13-10-43-20(27-13)29-21(36)41-23(4,5)6)17(33)28-16-14(9-31-12-25-11-26-31)32(18(16)34)44(37,38)39/h10-12,14,16H,9H2,1-8H3,(H,28,33)(H,27,29,36)(H,37,38,39)/b30-15-/t14-,16+/m1/s1. The molecule has 18 nitrogen and oxygen atoms in total. The van der Waals surface area contributed by atoms with E-state index in [-0.39, 0.29) is 21.7 Å². The van der Waals surface area contributed by atoms with Gasteiger partial charge in [0.15, 0.2) is 10.8 Å². The number of esters is 1. The van der Waals surface area contributed by atoms with Crippen LogP contribution in [0, 0.1) is 0 Å². The normalized spacial score (nSPS) is 17.9. The minimum atomic E-state index is -4.98. The number of hydrogen-bond donors (Lipinski definition) is 3. The minimum absolute atomic E-state index is 0.0162. The molecule has 1 aliphatic rings. The Kier molecular flexibility index (Phi) is 9.71. The predicted molar refractivity (Wildman–Crippen MR) is 154 cm³/mol. The Hall–Kier alpha value is -4.17. The van der Waals surface area contributed by atoms with Crippen LogP contribution in [0.3, 0.4) is 0 Å². The van der Waals surface area contributed by atoms with Crippen LogP contribution in [-0.2, 0) is 45.5 Å². The molecule has 242 valence electrons. The van der Waals surface area contributed by atoms with Crippen molar-refractivity contribution in [1.82, 2.24) is 29.4 Å². The number of thiazole rings is 1. The highest BCUT2D eigenvalue weighted by molar-refractivity contribution is 7.84. The van der Waals surface area contributed by atoms with Gasteiger partial charge in [0, 0.05) is 5.38 Å². The Morgan fingerprint density at radius 1 is 1.09 bits per heavy atom. The number of oxime groups is 1. The molecule has 0 radical (unpaired) electrons. The van der Waals surface area contributed by atoms with Crippen LogP contribution >= 0.6 is 11.3 Å². The van der Waals surface area contributed by atoms with Crippen molar-refractivity contribution in [2.45, 2.75) is 90.8 Å². The summed E-state index contributed by atoms with van der Waals surface area (Å²) in [6.07, 6.45) is 1.61. The van der Waals surface area contributed by atoms with Crippen molar-refractivity contribution in [3.05, 3.63) is 23.7 Å². The number of nitrogens with zero attached hydrogens (tertiary/aromatic N) is 6. The summed E-state index contributed by atoms with van der Waals surface area (Å²) in [5.41, 5.74) is -4.03. The number of nitrogens with one attached hydrogen (secondary N) is 2. The fourth-order valence-electron chi connectivity index (χ4n) is 3.50. The van der Waals surface area contributed by atoms with Gasteiger partial charge in [-0.15, -0.1) is 11.3 Å². The number of aromatic nitrogens is 4. The highest BCUT2D eigenvalue weighted by Crippen LogP contribution is 2.26. The van der Waals surface area contributed by atoms with Crippen LogP contribution in [-0.4, -0.2) is 95.5 Å². The van der Waals surface area contributed by atoms with Crippen molar-refractivity contribution in [3.63, 3.8) is 0 Å². The van der Waals surface area contributed by atoms with Crippen molar-refractivity contribution in [1.29, 1.82) is 0 Å². The molecule has 2 atom stereocenters. The lowest BCUT2D eigenvalue weighted by molar-refractivity contribution is -0.179. The summed E-state index contributed by atoms with van der Waals surface area (Å²) in [4.78, 5) is 64.5. The van der Waals surface area contributed by atoms with E-state index in [1.165, 1.54) is 36.6 Å². The van der Waals surface area contributed by atoms with E-state index in [0.717, 1.165) is 11.3 Å². The first-order valence-electron chi connectivity index (χ1n) is 13.0. The Balaban J connectivity index is 1.92. The predicted octanol–water partition coefficient (Wildman–Crippen LogP) is 1.12. The molecule has 3 heterocycles. The molecule has 0 spiro atoms. The second kappa shape index (κ2) is 12.4. The van der Waals surface area contributed by atoms with E-state index in [0.29, 0.717) is 0 Å². The lowest BCUT2D eigenvalue weighted by Gasteiger charge is -2.43. The van der Waals surface area contributed by atoms with Gasteiger partial charge in [0.2, 0.25) is 5.60 Å². The van der Waals surface area contributed by atoms with Crippen molar-refractivity contribution in [3.8, 4) is 0 Å². The summed E-state index contributed by atoms with van der Waals surface area (Å²) in [6, 6.07) is -2.75. The van der Waals surface area contributed by atoms with Crippen LogP contribution in [0.4, 0.5) is 9.93 Å². The zero-order valence-corrected chi connectivity index (χ0v) is 26.8. The van der Waals surface area contributed by atoms with Crippen LogP contribution in [0.1, 0.15) is 61.1 Å². The maximum atomic E-state index is 13.5. The highest BCUT2D eigenvalue weighted by atomic mass is 32.2. The minimum Gasteiger partial charge on any atom is -0.457 e. The second-order valence-corrected chi connectivity index (χ2v) is 14.1. The van der Waals surface area contributed by atoms with Crippen LogP contribution < -0.4 is 10.6 Å². The van der Waals surface area contributed by atoms with Gasteiger partial charge in [0.1, 0.15) is 35.6 Å². The third-order valence-corrected chi connectivity index (χ3v) is 7.08. The largest absolute Gasteiger partial charge is 0.457 e. The molecule has 0 bridgehead atoms. The highest BCUT2D eigenvalue weighted by Gasteiger charge is 2.54. The van der Waals surface area contributed by atoms with Crippen molar-refractivity contribution >= 4 is 56.4 Å². The topological polar surface area (TPSA) is 234 Å². The first-order chi connectivity index (χ1) is 20.1. The summed E-state index contributed by atoms with van der Waals surface area (Å²) in [5, 5.41) is 13.9. The molecule has 0 unspecified atom stereocenters. The maximum Gasteiger partial charge on any atom is 0.413 e. The fraction of sp³-hybridized carbons (Fsp3) is 0.583. The monoisotopic (exact) mass is 658 g/mol. The van der Waals surface area contributed by atoms with Gasteiger partial charge in [0.25, 0.3) is 11.8 Å². The molecule has 2 aromatic rings. The smallest absolute Gasteiger partial charge is 0.413 e. The molecular formula is C24H34N8O10S2. The molecule has 1 saturated heterocycles. The van der Waals surface area contributed by atoms with Crippen LogP contribution in [0.5, 0.6) is 0 Å². The Bertz CT molecular complexity index is 1540. The molecule has 3 amide bonds. The van der Waals surface area contributed by atoms with Gasteiger partial charge in [-0.25, -0.2) is 23.9 Å². The van der Waals surface area contributed by atoms with Gasteiger partial charge in [-0.05, 0) is 55.4 Å². The van der Waals surface area contributed by atoms with E-state index in [4.69, 9.17) is 14.3 Å². The van der Waals surface area contributed by atoms with Gasteiger partial charge >= 0.3 is 22.4 Å². The number of carbonyl (C=O) groups excluding carboxylic acids is 4. The van der Waals surface area contributed by atoms with Crippen LogP contribution in [0.15, 0.2) is 23.2 Å². The Labute approximate surface area is 257 Å². The average molecular weight is 659 g/mol. The molecule has 1 fully saturated rings. The van der Waals surface area contributed by atoms with E-state index in [1.807, 2.05) is 0 Å².